The van der Waals surface area contributed by atoms with Crippen LogP contribution in [0.3, 0.4) is 0 Å². The Balaban J connectivity index is 1.58. The maximum atomic E-state index is 12.3. The second-order valence-electron chi connectivity index (χ2n) is 6.94. The molecule has 2 aromatic carbocycles. The highest BCUT2D eigenvalue weighted by atomic mass is 16.6. The monoisotopic (exact) mass is 427 g/mol. The van der Waals surface area contributed by atoms with E-state index in [0.717, 1.165) is 22.6 Å². The van der Waals surface area contributed by atoms with Crippen molar-refractivity contribution in [3.05, 3.63) is 74.3 Å². The topological polar surface area (TPSA) is 125 Å². The summed E-state index contributed by atoms with van der Waals surface area (Å²) in [7, 11) is 1.60. The molecule has 3 rings (SSSR count). The lowest BCUT2D eigenvalue weighted by molar-refractivity contribution is -0.384. The minimum atomic E-state index is -0.855. The number of rotatable bonds is 8. The van der Waals surface area contributed by atoms with Crippen molar-refractivity contribution < 1.29 is 23.7 Å². The van der Waals surface area contributed by atoms with Crippen molar-refractivity contribution in [2.24, 2.45) is 0 Å². The van der Waals surface area contributed by atoms with E-state index in [-0.39, 0.29) is 16.8 Å². The van der Waals surface area contributed by atoms with Crippen LogP contribution in [0, 0.1) is 10.1 Å². The molecule has 0 aliphatic carbocycles. The lowest BCUT2D eigenvalue weighted by atomic mass is 10.1. The van der Waals surface area contributed by atoms with E-state index in [1.165, 1.54) is 22.6 Å². The lowest BCUT2D eigenvalue weighted by Crippen LogP contribution is -2.32. The molecule has 162 valence electrons. The average Bonchev–Trinajstić information content (AvgIpc) is 3.06. The van der Waals surface area contributed by atoms with Gasteiger partial charge in [-0.1, -0.05) is 31.2 Å². The molecule has 0 N–H and O–H groups in total. The molecule has 31 heavy (non-hydrogen) atoms. The highest BCUT2D eigenvalue weighted by molar-refractivity contribution is 5.81. The molecular weight excluding hydrogens is 406 g/mol. The number of likely N-dealkylation sites (N-methyl/N-ethyl adjacent to an activating group) is 1. The van der Waals surface area contributed by atoms with Crippen LogP contribution in [-0.4, -0.2) is 39.9 Å². The van der Waals surface area contributed by atoms with Gasteiger partial charge in [-0.05, 0) is 23.6 Å². The largest absolute Gasteiger partial charge is 0.454 e. The number of carbonyl (C=O) groups is 2. The van der Waals surface area contributed by atoms with E-state index in [1.807, 2.05) is 24.3 Å². The molecule has 0 fully saturated rings. The van der Waals surface area contributed by atoms with Crippen LogP contribution in [0.15, 0.2) is 51.7 Å². The number of non-ortho nitro benzene ring substituents is 1. The third-order valence-corrected chi connectivity index (χ3v) is 4.78. The van der Waals surface area contributed by atoms with Crippen LogP contribution in [0.1, 0.15) is 18.1 Å². The summed E-state index contributed by atoms with van der Waals surface area (Å²) in [6.45, 7) is 1.46. The molecule has 0 radical (unpaired) electrons. The first-order chi connectivity index (χ1) is 14.8. The maximum Gasteiger partial charge on any atom is 0.420 e. The molecule has 0 saturated heterocycles. The summed E-state index contributed by atoms with van der Waals surface area (Å²) in [5.41, 5.74) is 2.10. The molecular formula is C21H21N3O7. The first kappa shape index (κ1) is 21.8. The first-order valence-corrected chi connectivity index (χ1v) is 9.53. The summed E-state index contributed by atoms with van der Waals surface area (Å²) in [5.74, 6) is -2.06. The first-order valence-electron chi connectivity index (χ1n) is 9.53. The Bertz CT molecular complexity index is 1180. The van der Waals surface area contributed by atoms with Gasteiger partial charge in [0.15, 0.2) is 12.2 Å². The Morgan fingerprint density at radius 2 is 1.84 bits per heavy atom. The fraction of sp³-hybridized carbons (Fsp3) is 0.286. The van der Waals surface area contributed by atoms with Gasteiger partial charge >= 0.3 is 11.7 Å². The smallest absolute Gasteiger partial charge is 0.420 e. The van der Waals surface area contributed by atoms with Gasteiger partial charge in [0.05, 0.1) is 16.5 Å². The number of hydrogen-bond donors (Lipinski definition) is 0. The van der Waals surface area contributed by atoms with Crippen LogP contribution in [0.4, 0.5) is 5.69 Å². The Morgan fingerprint density at radius 1 is 1.16 bits per heavy atom. The minimum Gasteiger partial charge on any atom is -0.454 e. The van der Waals surface area contributed by atoms with Crippen molar-refractivity contribution in [1.82, 2.24) is 9.47 Å². The quantitative estimate of drug-likeness (QED) is 0.307. The Kier molecular flexibility index (Phi) is 6.49. The van der Waals surface area contributed by atoms with Gasteiger partial charge in [-0.15, -0.1) is 0 Å². The van der Waals surface area contributed by atoms with Gasteiger partial charge in [0.25, 0.3) is 11.6 Å². The summed E-state index contributed by atoms with van der Waals surface area (Å²) >= 11 is 0. The van der Waals surface area contributed by atoms with E-state index in [1.54, 1.807) is 7.05 Å². The van der Waals surface area contributed by atoms with Crippen LogP contribution < -0.4 is 5.76 Å². The second-order valence-corrected chi connectivity index (χ2v) is 6.94. The molecule has 0 aliphatic rings. The van der Waals surface area contributed by atoms with Crippen LogP contribution in [0.5, 0.6) is 0 Å². The van der Waals surface area contributed by atoms with Crippen LogP contribution in [0.2, 0.25) is 0 Å². The molecule has 0 atom stereocenters. The second kappa shape index (κ2) is 9.24. The SMILES string of the molecule is CCc1ccc(CN(C)C(=O)COC(=O)Cn2c(=O)oc3cc([N+](=O)[O-])ccc32)cc1. The van der Waals surface area contributed by atoms with Gasteiger partial charge in [-0.2, -0.15) is 0 Å². The zero-order valence-corrected chi connectivity index (χ0v) is 17.1. The lowest BCUT2D eigenvalue weighted by Gasteiger charge is -2.17. The van der Waals surface area contributed by atoms with Crippen LogP contribution in [0.25, 0.3) is 11.1 Å². The number of esters is 1. The Morgan fingerprint density at radius 3 is 2.48 bits per heavy atom. The molecule has 10 heteroatoms. The van der Waals surface area contributed by atoms with E-state index in [4.69, 9.17) is 9.15 Å². The number of amides is 1. The number of aromatic nitrogens is 1. The summed E-state index contributed by atoms with van der Waals surface area (Å²) in [6, 6.07) is 11.5. The highest BCUT2D eigenvalue weighted by Gasteiger charge is 2.18. The molecule has 10 nitrogen and oxygen atoms in total. The van der Waals surface area contributed by atoms with Gasteiger partial charge in [0.2, 0.25) is 0 Å². The Labute approximate surface area is 176 Å². The summed E-state index contributed by atoms with van der Waals surface area (Å²) in [5, 5.41) is 10.8. The van der Waals surface area contributed by atoms with Gasteiger partial charge in [0, 0.05) is 19.7 Å². The van der Waals surface area contributed by atoms with Crippen LogP contribution >= 0.6 is 0 Å². The number of ether oxygens (including phenoxy) is 1. The summed E-state index contributed by atoms with van der Waals surface area (Å²) < 4.78 is 10.9. The number of nitro benzene ring substituents is 1. The van der Waals surface area contributed by atoms with Crippen molar-refractivity contribution >= 4 is 28.7 Å². The van der Waals surface area contributed by atoms with E-state index in [9.17, 15) is 24.5 Å². The fourth-order valence-corrected chi connectivity index (χ4v) is 2.99. The van der Waals surface area contributed by atoms with Crippen molar-refractivity contribution in [2.45, 2.75) is 26.4 Å². The molecule has 0 saturated carbocycles. The van der Waals surface area contributed by atoms with E-state index in [2.05, 4.69) is 6.92 Å². The van der Waals surface area contributed by atoms with Crippen LogP contribution in [-0.2, 0) is 33.8 Å². The fourth-order valence-electron chi connectivity index (χ4n) is 2.99. The number of hydrogen-bond acceptors (Lipinski definition) is 7. The average molecular weight is 427 g/mol. The number of fused-ring (bicyclic) bond motifs is 1. The van der Waals surface area contributed by atoms with Gasteiger partial charge in [-0.3, -0.25) is 24.3 Å². The van der Waals surface area contributed by atoms with Crippen molar-refractivity contribution in [3.63, 3.8) is 0 Å². The van der Waals surface area contributed by atoms with Crippen molar-refractivity contribution in [3.8, 4) is 0 Å². The normalized spacial score (nSPS) is 10.8. The molecule has 1 amide bonds. The van der Waals surface area contributed by atoms with Gasteiger partial charge < -0.3 is 14.1 Å². The number of nitrogens with zero attached hydrogens (tertiary/aromatic N) is 3. The molecule has 0 aliphatic heterocycles. The number of benzene rings is 2. The van der Waals surface area contributed by atoms with Crippen molar-refractivity contribution in [2.75, 3.05) is 13.7 Å². The van der Waals surface area contributed by atoms with Gasteiger partial charge in [0.1, 0.15) is 6.54 Å². The molecule has 0 spiro atoms. The molecule has 1 aromatic heterocycles. The number of aryl methyl sites for hydroxylation is 1. The highest BCUT2D eigenvalue weighted by Crippen LogP contribution is 2.20. The summed E-state index contributed by atoms with van der Waals surface area (Å²) in [6.07, 6.45) is 0.928. The molecule has 1 heterocycles. The van der Waals surface area contributed by atoms with E-state index in [0.29, 0.717) is 6.54 Å². The standard InChI is InChI=1S/C21H21N3O7/c1-3-14-4-6-15(7-5-14)11-22(2)19(25)13-30-20(26)12-23-17-9-8-16(24(28)29)10-18(17)31-21(23)27/h4-10H,3,11-13H2,1-2H3. The minimum absolute atomic E-state index is 0.0168. The molecule has 0 bridgehead atoms. The third kappa shape index (κ3) is 5.16. The predicted molar refractivity (Wildman–Crippen MR) is 110 cm³/mol. The maximum absolute atomic E-state index is 12.3. The number of nitro groups is 1. The predicted octanol–water partition coefficient (Wildman–Crippen LogP) is 2.27. The number of carbonyl (C=O) groups excluding carboxylic acids is 2. The zero-order chi connectivity index (χ0) is 22.5. The van der Waals surface area contributed by atoms with Crippen molar-refractivity contribution in [1.29, 1.82) is 0 Å². The molecule has 3 aromatic rings. The Hall–Kier alpha value is -3.95. The van der Waals surface area contributed by atoms with E-state index < -0.39 is 35.7 Å². The zero-order valence-electron chi connectivity index (χ0n) is 17.1. The number of oxazole rings is 1. The van der Waals surface area contributed by atoms with Gasteiger partial charge in [-0.25, -0.2) is 4.79 Å². The summed E-state index contributed by atoms with van der Waals surface area (Å²) in [4.78, 5) is 48.0. The third-order valence-electron chi connectivity index (χ3n) is 4.78. The molecule has 0 unspecified atom stereocenters. The van der Waals surface area contributed by atoms with E-state index >= 15 is 0 Å².